The van der Waals surface area contributed by atoms with Crippen molar-refractivity contribution < 1.29 is 27.1 Å². The Morgan fingerprint density at radius 1 is 1.11 bits per heavy atom. The zero-order valence-electron chi connectivity index (χ0n) is 20.4. The third kappa shape index (κ3) is 6.30. The summed E-state index contributed by atoms with van der Waals surface area (Å²) in [5.74, 6) is -1.37. The molecule has 1 heterocycles. The molecule has 1 fully saturated rings. The molecule has 0 radical (unpaired) electrons. The van der Waals surface area contributed by atoms with E-state index in [-0.39, 0.29) is 40.8 Å². The lowest BCUT2D eigenvalue weighted by Crippen LogP contribution is -2.45. The number of nitrogens with zero attached hydrogens (tertiary/aromatic N) is 1. The molecule has 9 nitrogen and oxygen atoms in total. The lowest BCUT2D eigenvalue weighted by atomic mass is 10.0. The van der Waals surface area contributed by atoms with Gasteiger partial charge in [0.1, 0.15) is 11.9 Å². The van der Waals surface area contributed by atoms with E-state index in [1.807, 2.05) is 6.92 Å². The first-order valence-corrected chi connectivity index (χ1v) is 13.7. The molecule has 4 N–H and O–H groups in total. The van der Waals surface area contributed by atoms with Gasteiger partial charge >= 0.3 is 6.03 Å². The van der Waals surface area contributed by atoms with Gasteiger partial charge in [-0.3, -0.25) is 4.79 Å². The van der Waals surface area contributed by atoms with Crippen LogP contribution in [0.25, 0.3) is 11.1 Å². The summed E-state index contributed by atoms with van der Waals surface area (Å²) < 4.78 is 44.6. The van der Waals surface area contributed by atoms with Crippen molar-refractivity contribution in [1.29, 1.82) is 0 Å². The molecule has 12 heteroatoms. The molecule has 200 valence electrons. The first-order chi connectivity index (χ1) is 18.1. The molecular formula is C26H26ClFN4O5S. The normalized spacial score (nSPS) is 17.3. The number of halogens is 2. The van der Waals surface area contributed by atoms with Gasteiger partial charge in [0.2, 0.25) is 15.9 Å². The number of rotatable bonds is 7. The number of primary sulfonamides is 1. The molecule has 0 aromatic heterocycles. The third-order valence-corrected chi connectivity index (χ3v) is 7.28. The van der Waals surface area contributed by atoms with E-state index in [0.29, 0.717) is 17.3 Å². The second kappa shape index (κ2) is 11.5. The smallest absolute Gasteiger partial charge is 0.322 e. The Hall–Kier alpha value is -3.51. The fraction of sp³-hybridized carbons (Fsp3) is 0.231. The number of hydrogen-bond donors (Lipinski definition) is 3. The highest BCUT2D eigenvalue weighted by molar-refractivity contribution is 7.89. The molecule has 3 aromatic rings. The molecule has 0 bridgehead atoms. The topological polar surface area (TPSA) is 131 Å². The lowest BCUT2D eigenvalue weighted by Gasteiger charge is -2.24. The van der Waals surface area contributed by atoms with Crippen LogP contribution in [0.15, 0.2) is 71.6 Å². The van der Waals surface area contributed by atoms with Crippen LogP contribution in [0.3, 0.4) is 0 Å². The van der Waals surface area contributed by atoms with Crippen LogP contribution in [-0.4, -0.2) is 50.6 Å². The molecule has 1 saturated heterocycles. The number of benzene rings is 3. The number of carbonyl (C=O) groups excluding carboxylic acids is 2. The van der Waals surface area contributed by atoms with E-state index in [0.717, 1.165) is 6.07 Å². The highest BCUT2D eigenvalue weighted by Gasteiger charge is 2.40. The SMILES string of the molecule is CCO[C@@H]1C[C@H](C(=O)Nc2ccc(-c3ccccc3S(N)(=O)=O)cc2F)N(C(=O)Nc2ccc(Cl)cc2)C1. The van der Waals surface area contributed by atoms with Crippen LogP contribution >= 0.6 is 11.6 Å². The van der Waals surface area contributed by atoms with Gasteiger partial charge in [0.25, 0.3) is 0 Å². The van der Waals surface area contributed by atoms with Gasteiger partial charge in [-0.25, -0.2) is 22.7 Å². The predicted octanol–water partition coefficient (Wildman–Crippen LogP) is 4.44. The lowest BCUT2D eigenvalue weighted by molar-refractivity contribution is -0.119. The van der Waals surface area contributed by atoms with Crippen LogP contribution in [0, 0.1) is 5.82 Å². The fourth-order valence-electron chi connectivity index (χ4n) is 4.31. The van der Waals surface area contributed by atoms with Crippen LogP contribution < -0.4 is 15.8 Å². The minimum Gasteiger partial charge on any atom is -0.377 e. The molecular weight excluding hydrogens is 535 g/mol. The minimum atomic E-state index is -4.04. The Morgan fingerprint density at radius 2 is 1.82 bits per heavy atom. The number of anilines is 2. The van der Waals surface area contributed by atoms with Crippen LogP contribution in [0.1, 0.15) is 13.3 Å². The Labute approximate surface area is 224 Å². The summed E-state index contributed by atoms with van der Waals surface area (Å²) in [4.78, 5) is 27.4. The summed E-state index contributed by atoms with van der Waals surface area (Å²) in [6, 6.07) is 15.0. The summed E-state index contributed by atoms with van der Waals surface area (Å²) in [6.07, 6.45) is -0.136. The second-order valence-corrected chi connectivity index (χ2v) is 10.6. The molecule has 1 aliphatic rings. The van der Waals surface area contributed by atoms with Gasteiger partial charge in [0.15, 0.2) is 0 Å². The van der Waals surface area contributed by atoms with Crippen molar-refractivity contribution >= 4 is 44.9 Å². The van der Waals surface area contributed by atoms with Gasteiger partial charge in [-0.05, 0) is 55.0 Å². The van der Waals surface area contributed by atoms with Gasteiger partial charge in [0, 0.05) is 35.8 Å². The molecule has 0 saturated carbocycles. The zero-order chi connectivity index (χ0) is 27.4. The first kappa shape index (κ1) is 27.5. The summed E-state index contributed by atoms with van der Waals surface area (Å²) in [5, 5.41) is 11.1. The van der Waals surface area contributed by atoms with Gasteiger partial charge in [-0.1, -0.05) is 35.9 Å². The molecule has 38 heavy (non-hydrogen) atoms. The van der Waals surface area contributed by atoms with Gasteiger partial charge in [0.05, 0.1) is 16.7 Å². The van der Waals surface area contributed by atoms with Crippen LogP contribution in [0.5, 0.6) is 0 Å². The standard InChI is InChI=1S/C26H26ClFN4O5S/c1-2-37-19-14-23(32(15-19)26(34)30-18-10-8-17(27)9-11-18)25(33)31-22-12-7-16(13-21(22)28)20-5-3-4-6-24(20)38(29,35)36/h3-13,19,23H,2,14-15H2,1H3,(H,30,34)(H,31,33)(H2,29,35,36)/t19-,23-/m1/s1. The van der Waals surface area contributed by atoms with E-state index in [2.05, 4.69) is 10.6 Å². The molecule has 1 aliphatic heterocycles. The summed E-state index contributed by atoms with van der Waals surface area (Å²) >= 11 is 5.90. The number of nitrogens with two attached hydrogens (primary N) is 1. The third-order valence-electron chi connectivity index (χ3n) is 6.06. The molecule has 3 amide bonds. The second-order valence-electron chi connectivity index (χ2n) is 8.64. The van der Waals surface area contributed by atoms with Gasteiger partial charge < -0.3 is 20.3 Å². The molecule has 3 aromatic carbocycles. The number of urea groups is 1. The molecule has 4 rings (SSSR count). The van der Waals surface area contributed by atoms with Gasteiger partial charge in [-0.2, -0.15) is 0 Å². The van der Waals surface area contributed by atoms with Crippen molar-refractivity contribution in [1.82, 2.24) is 4.90 Å². The van der Waals surface area contributed by atoms with Crippen LogP contribution in [0.2, 0.25) is 5.02 Å². The highest BCUT2D eigenvalue weighted by Crippen LogP contribution is 2.30. The number of amides is 3. The van der Waals surface area contributed by atoms with Crippen molar-refractivity contribution in [3.05, 3.63) is 77.6 Å². The van der Waals surface area contributed by atoms with Crippen molar-refractivity contribution in [3.63, 3.8) is 0 Å². The Morgan fingerprint density at radius 3 is 2.47 bits per heavy atom. The van der Waals surface area contributed by atoms with E-state index in [4.69, 9.17) is 21.5 Å². The molecule has 0 unspecified atom stereocenters. The summed E-state index contributed by atoms with van der Waals surface area (Å²) in [5.41, 5.74) is 0.878. The Bertz CT molecular complexity index is 1450. The Balaban J connectivity index is 1.53. The monoisotopic (exact) mass is 560 g/mol. The first-order valence-electron chi connectivity index (χ1n) is 11.7. The summed E-state index contributed by atoms with van der Waals surface area (Å²) in [7, 11) is -4.04. The van der Waals surface area contributed by atoms with Crippen molar-refractivity contribution in [2.45, 2.75) is 30.4 Å². The van der Waals surface area contributed by atoms with E-state index in [1.165, 1.54) is 35.2 Å². The number of ether oxygens (including phenoxy) is 1. The molecule has 0 spiro atoms. The zero-order valence-corrected chi connectivity index (χ0v) is 21.9. The van der Waals surface area contributed by atoms with E-state index in [9.17, 15) is 18.0 Å². The van der Waals surface area contributed by atoms with Gasteiger partial charge in [-0.15, -0.1) is 0 Å². The number of nitrogens with one attached hydrogen (secondary N) is 2. The van der Waals surface area contributed by atoms with E-state index >= 15 is 4.39 Å². The highest BCUT2D eigenvalue weighted by atomic mass is 35.5. The van der Waals surface area contributed by atoms with Crippen LogP contribution in [-0.2, 0) is 19.6 Å². The van der Waals surface area contributed by atoms with E-state index in [1.54, 1.807) is 30.3 Å². The van der Waals surface area contributed by atoms with Crippen molar-refractivity contribution in [3.8, 4) is 11.1 Å². The largest absolute Gasteiger partial charge is 0.377 e. The summed E-state index contributed by atoms with van der Waals surface area (Å²) in [6.45, 7) is 2.40. The number of hydrogen-bond acceptors (Lipinski definition) is 5. The predicted molar refractivity (Wildman–Crippen MR) is 143 cm³/mol. The number of sulfonamides is 1. The molecule has 2 atom stereocenters. The maximum absolute atomic E-state index is 15.1. The quantitative estimate of drug-likeness (QED) is 0.393. The maximum Gasteiger partial charge on any atom is 0.322 e. The number of likely N-dealkylation sites (tertiary alicyclic amines) is 1. The maximum atomic E-state index is 15.1. The van der Waals surface area contributed by atoms with E-state index < -0.39 is 33.8 Å². The Kier molecular flexibility index (Phi) is 8.32. The average molecular weight is 561 g/mol. The fourth-order valence-corrected chi connectivity index (χ4v) is 5.20. The van der Waals surface area contributed by atoms with Crippen LogP contribution in [0.4, 0.5) is 20.6 Å². The molecule has 0 aliphatic carbocycles. The average Bonchev–Trinajstić information content (AvgIpc) is 3.31. The van der Waals surface area contributed by atoms with Crippen molar-refractivity contribution in [2.75, 3.05) is 23.8 Å². The number of carbonyl (C=O) groups is 2. The minimum absolute atomic E-state index is 0.121. The van der Waals surface area contributed by atoms with Crippen molar-refractivity contribution in [2.24, 2.45) is 5.14 Å².